The largest absolute Gasteiger partial charge is 0.462 e. The van der Waals surface area contributed by atoms with Crippen LogP contribution in [0.2, 0.25) is 0 Å². The third-order valence-corrected chi connectivity index (χ3v) is 6.63. The number of hydrogen-bond acceptors (Lipinski definition) is 5. The maximum absolute atomic E-state index is 11.8. The molecule has 2 rings (SSSR count). The standard InChI is InChI=1S/C20H32O5/c1-13(22)24-15-12-20(6,25-14(2)23)16(8-11-21)19(5)10-7-9-18(3,4)17(15)19/h11,15-17H,7-10,12H2,1-6H3/t15-,16+,17-,19+,20+/m0/s1. The Morgan fingerprint density at radius 3 is 2.24 bits per heavy atom. The van der Waals surface area contributed by atoms with Crippen molar-refractivity contribution >= 4 is 18.2 Å². The lowest BCUT2D eigenvalue weighted by Gasteiger charge is -2.63. The lowest BCUT2D eigenvalue weighted by Crippen LogP contribution is -2.64. The lowest BCUT2D eigenvalue weighted by molar-refractivity contribution is -0.233. The summed E-state index contributed by atoms with van der Waals surface area (Å²) in [4.78, 5) is 35.0. The van der Waals surface area contributed by atoms with E-state index >= 15 is 0 Å². The van der Waals surface area contributed by atoms with Crippen molar-refractivity contribution < 1.29 is 23.9 Å². The van der Waals surface area contributed by atoms with Crippen LogP contribution < -0.4 is 0 Å². The predicted octanol–water partition coefficient (Wildman–Crippen LogP) is 3.68. The van der Waals surface area contributed by atoms with Crippen LogP contribution in [0.15, 0.2) is 0 Å². The van der Waals surface area contributed by atoms with Gasteiger partial charge in [-0.2, -0.15) is 0 Å². The van der Waals surface area contributed by atoms with Gasteiger partial charge in [0, 0.05) is 38.5 Å². The van der Waals surface area contributed by atoms with Crippen LogP contribution in [0.5, 0.6) is 0 Å². The summed E-state index contributed by atoms with van der Waals surface area (Å²) >= 11 is 0. The van der Waals surface area contributed by atoms with Gasteiger partial charge in [-0.15, -0.1) is 0 Å². The Balaban J connectivity index is 2.56. The molecule has 5 nitrogen and oxygen atoms in total. The number of aldehydes is 1. The third kappa shape index (κ3) is 3.61. The van der Waals surface area contributed by atoms with Gasteiger partial charge in [0.05, 0.1) is 0 Å². The van der Waals surface area contributed by atoms with Gasteiger partial charge in [0.25, 0.3) is 0 Å². The maximum Gasteiger partial charge on any atom is 0.303 e. The summed E-state index contributed by atoms with van der Waals surface area (Å²) in [5.41, 5.74) is -1.05. The van der Waals surface area contributed by atoms with E-state index in [1.165, 1.54) is 13.8 Å². The smallest absolute Gasteiger partial charge is 0.303 e. The highest BCUT2D eigenvalue weighted by atomic mass is 16.6. The van der Waals surface area contributed by atoms with Gasteiger partial charge in [0.2, 0.25) is 0 Å². The molecule has 0 spiro atoms. The van der Waals surface area contributed by atoms with E-state index in [9.17, 15) is 14.4 Å². The van der Waals surface area contributed by atoms with E-state index in [2.05, 4.69) is 20.8 Å². The lowest BCUT2D eigenvalue weighted by atomic mass is 9.44. The van der Waals surface area contributed by atoms with E-state index in [0.29, 0.717) is 12.8 Å². The second-order valence-electron chi connectivity index (χ2n) is 9.04. The monoisotopic (exact) mass is 352 g/mol. The first-order chi connectivity index (χ1) is 11.5. The summed E-state index contributed by atoms with van der Waals surface area (Å²) in [5.74, 6) is -0.631. The molecule has 0 radical (unpaired) electrons. The fourth-order valence-electron chi connectivity index (χ4n) is 6.18. The zero-order valence-corrected chi connectivity index (χ0v) is 16.4. The van der Waals surface area contributed by atoms with Gasteiger partial charge in [0.15, 0.2) is 0 Å². The molecule has 2 aliphatic rings. The Hall–Kier alpha value is -1.39. The average Bonchev–Trinajstić information content (AvgIpc) is 2.40. The van der Waals surface area contributed by atoms with Crippen molar-refractivity contribution in [2.45, 2.75) is 85.4 Å². The maximum atomic E-state index is 11.8. The van der Waals surface area contributed by atoms with Crippen LogP contribution in [-0.4, -0.2) is 29.9 Å². The summed E-state index contributed by atoms with van der Waals surface area (Å²) in [7, 11) is 0. The Morgan fingerprint density at radius 1 is 1.08 bits per heavy atom. The first-order valence-electron chi connectivity index (χ1n) is 9.27. The average molecular weight is 352 g/mol. The second kappa shape index (κ2) is 6.73. The highest BCUT2D eigenvalue weighted by Gasteiger charge is 2.63. The molecule has 0 N–H and O–H groups in total. The quantitative estimate of drug-likeness (QED) is 0.570. The number of carbonyl (C=O) groups excluding carboxylic acids is 3. The number of ether oxygens (including phenoxy) is 2. The fourth-order valence-corrected chi connectivity index (χ4v) is 6.18. The molecule has 0 saturated heterocycles. The SMILES string of the molecule is CC(=O)O[C@H]1C[C@@](C)(OC(C)=O)[C@H](CC=O)[C@@]2(C)CCCC(C)(C)[C@H]12. The molecule has 0 aromatic carbocycles. The van der Waals surface area contributed by atoms with E-state index in [1.807, 2.05) is 6.92 Å². The molecule has 0 heterocycles. The van der Waals surface area contributed by atoms with Crippen LogP contribution in [0.3, 0.4) is 0 Å². The van der Waals surface area contributed by atoms with Crippen molar-refractivity contribution in [2.75, 3.05) is 0 Å². The molecule has 0 aliphatic heterocycles. The van der Waals surface area contributed by atoms with Crippen molar-refractivity contribution in [1.82, 2.24) is 0 Å². The van der Waals surface area contributed by atoms with Crippen molar-refractivity contribution in [1.29, 1.82) is 0 Å². The van der Waals surface area contributed by atoms with E-state index < -0.39 is 5.60 Å². The van der Waals surface area contributed by atoms with E-state index in [4.69, 9.17) is 9.47 Å². The summed E-state index contributed by atoms with van der Waals surface area (Å²) in [5, 5.41) is 0. The molecule has 5 heteroatoms. The van der Waals surface area contributed by atoms with Crippen LogP contribution >= 0.6 is 0 Å². The zero-order valence-electron chi connectivity index (χ0n) is 16.4. The van der Waals surface area contributed by atoms with Crippen LogP contribution in [0.4, 0.5) is 0 Å². The molecule has 2 saturated carbocycles. The van der Waals surface area contributed by atoms with Crippen molar-refractivity contribution in [3.63, 3.8) is 0 Å². The van der Waals surface area contributed by atoms with Crippen LogP contribution in [0.25, 0.3) is 0 Å². The van der Waals surface area contributed by atoms with Crippen LogP contribution in [0, 0.1) is 22.7 Å². The van der Waals surface area contributed by atoms with E-state index in [0.717, 1.165) is 25.5 Å². The first-order valence-corrected chi connectivity index (χ1v) is 9.27. The Labute approximate surface area is 150 Å². The number of esters is 2. The molecule has 2 aliphatic carbocycles. The minimum Gasteiger partial charge on any atom is -0.462 e. The van der Waals surface area contributed by atoms with Crippen molar-refractivity contribution in [3.05, 3.63) is 0 Å². The second-order valence-corrected chi connectivity index (χ2v) is 9.04. The topological polar surface area (TPSA) is 69.7 Å². The molecule has 0 unspecified atom stereocenters. The molecule has 0 aromatic rings. The normalized spacial score (nSPS) is 39.8. The summed E-state index contributed by atoms with van der Waals surface area (Å²) in [6, 6.07) is 0. The summed E-state index contributed by atoms with van der Waals surface area (Å²) in [6.45, 7) is 11.3. The van der Waals surface area contributed by atoms with Crippen molar-refractivity contribution in [3.8, 4) is 0 Å². The summed E-state index contributed by atoms with van der Waals surface area (Å²) < 4.78 is 11.5. The van der Waals surface area contributed by atoms with Gasteiger partial charge in [-0.1, -0.05) is 27.2 Å². The molecule has 0 bridgehead atoms. The van der Waals surface area contributed by atoms with Crippen molar-refractivity contribution in [2.24, 2.45) is 22.7 Å². The van der Waals surface area contributed by atoms with E-state index in [-0.39, 0.29) is 40.7 Å². The Morgan fingerprint density at radius 2 is 1.72 bits per heavy atom. The van der Waals surface area contributed by atoms with Gasteiger partial charge >= 0.3 is 11.9 Å². The molecular weight excluding hydrogens is 320 g/mol. The molecule has 0 aromatic heterocycles. The van der Waals surface area contributed by atoms with Gasteiger partial charge < -0.3 is 14.3 Å². The van der Waals surface area contributed by atoms with Gasteiger partial charge in [-0.3, -0.25) is 9.59 Å². The highest BCUT2D eigenvalue weighted by Crippen LogP contribution is 2.63. The number of fused-ring (bicyclic) bond motifs is 1. The predicted molar refractivity (Wildman–Crippen MR) is 93.7 cm³/mol. The molecule has 5 atom stereocenters. The van der Waals surface area contributed by atoms with Crippen LogP contribution in [-0.2, 0) is 23.9 Å². The molecular formula is C20H32O5. The number of carbonyl (C=O) groups is 3. The molecule has 2 fully saturated rings. The zero-order chi connectivity index (χ0) is 19.0. The number of rotatable bonds is 4. The molecule has 25 heavy (non-hydrogen) atoms. The number of hydrogen-bond donors (Lipinski definition) is 0. The minimum atomic E-state index is -0.814. The van der Waals surface area contributed by atoms with Crippen LogP contribution in [0.1, 0.15) is 73.6 Å². The van der Waals surface area contributed by atoms with Gasteiger partial charge in [-0.25, -0.2) is 0 Å². The fraction of sp³-hybridized carbons (Fsp3) is 0.850. The first kappa shape index (κ1) is 19.9. The van der Waals surface area contributed by atoms with Gasteiger partial charge in [0.1, 0.15) is 18.0 Å². The third-order valence-electron chi connectivity index (χ3n) is 6.63. The minimum absolute atomic E-state index is 0.00813. The molecule has 0 amide bonds. The Kier molecular flexibility index (Phi) is 5.36. The summed E-state index contributed by atoms with van der Waals surface area (Å²) in [6.07, 6.45) is 4.46. The highest BCUT2D eigenvalue weighted by molar-refractivity contribution is 5.67. The van der Waals surface area contributed by atoms with E-state index in [1.54, 1.807) is 0 Å². The molecule has 142 valence electrons. The van der Waals surface area contributed by atoms with Gasteiger partial charge in [-0.05, 0) is 30.6 Å². The Bertz CT molecular complexity index is 554.